The summed E-state index contributed by atoms with van der Waals surface area (Å²) < 4.78 is 77.2. The molecule has 0 radical (unpaired) electrons. The average molecular weight is 369 g/mol. The molecule has 0 aliphatic carbocycles. The maximum atomic E-state index is 12.9. The summed E-state index contributed by atoms with van der Waals surface area (Å²) in [7, 11) is 0. The predicted molar refractivity (Wildman–Crippen MR) is 72.8 cm³/mol. The van der Waals surface area contributed by atoms with E-state index < -0.39 is 47.0 Å². The SMILES string of the molecule is O=C(O)C1CCCCN1C(=O)c1cc(C(F)(F)F)cc(C(F)(F)F)c1. The molecule has 1 heterocycles. The minimum Gasteiger partial charge on any atom is -0.480 e. The zero-order chi connectivity index (χ0) is 19.0. The van der Waals surface area contributed by atoms with Gasteiger partial charge in [-0.25, -0.2) is 4.79 Å². The fourth-order valence-corrected chi connectivity index (χ4v) is 2.68. The van der Waals surface area contributed by atoms with E-state index in [0.29, 0.717) is 25.0 Å². The Morgan fingerprint density at radius 3 is 1.92 bits per heavy atom. The fraction of sp³-hybridized carbons (Fsp3) is 0.467. The molecule has 1 aromatic rings. The molecule has 1 fully saturated rings. The summed E-state index contributed by atoms with van der Waals surface area (Å²) in [6, 6.07) is -0.734. The summed E-state index contributed by atoms with van der Waals surface area (Å²) in [4.78, 5) is 24.4. The normalized spacial score (nSPS) is 19.0. The highest BCUT2D eigenvalue weighted by Crippen LogP contribution is 2.36. The van der Waals surface area contributed by atoms with Gasteiger partial charge in [0.2, 0.25) is 0 Å². The minimum absolute atomic E-state index is 0.0482. The molecule has 0 saturated carbocycles. The van der Waals surface area contributed by atoms with Crippen molar-refractivity contribution in [2.75, 3.05) is 6.54 Å². The first-order valence-electron chi connectivity index (χ1n) is 7.24. The van der Waals surface area contributed by atoms with E-state index in [9.17, 15) is 35.9 Å². The van der Waals surface area contributed by atoms with Gasteiger partial charge in [-0.2, -0.15) is 26.3 Å². The topological polar surface area (TPSA) is 57.6 Å². The van der Waals surface area contributed by atoms with Crippen molar-refractivity contribution in [3.8, 4) is 0 Å². The van der Waals surface area contributed by atoms with Crippen LogP contribution in [0, 0.1) is 0 Å². The van der Waals surface area contributed by atoms with E-state index in [1.807, 2.05) is 0 Å². The zero-order valence-corrected chi connectivity index (χ0v) is 12.6. The molecule has 0 spiro atoms. The molecule has 25 heavy (non-hydrogen) atoms. The Balaban J connectivity index is 2.49. The molecular formula is C15H13F6NO3. The number of carboxylic acids is 1. The van der Waals surface area contributed by atoms with Crippen molar-refractivity contribution in [2.45, 2.75) is 37.7 Å². The van der Waals surface area contributed by atoms with Crippen LogP contribution in [0.5, 0.6) is 0 Å². The van der Waals surface area contributed by atoms with Crippen LogP contribution in [-0.4, -0.2) is 34.5 Å². The number of piperidine rings is 1. The number of carboxylic acid groups (broad SMARTS) is 1. The third-order valence-electron chi connectivity index (χ3n) is 3.88. The van der Waals surface area contributed by atoms with Crippen LogP contribution in [0.2, 0.25) is 0 Å². The third kappa shape index (κ3) is 4.23. The van der Waals surface area contributed by atoms with E-state index in [2.05, 4.69) is 0 Å². The molecule has 1 unspecified atom stereocenters. The van der Waals surface area contributed by atoms with Crippen molar-refractivity contribution in [1.29, 1.82) is 0 Å². The number of carbonyl (C=O) groups excluding carboxylic acids is 1. The minimum atomic E-state index is -5.08. The van der Waals surface area contributed by atoms with E-state index in [-0.39, 0.29) is 19.0 Å². The molecule has 1 saturated heterocycles. The molecular weight excluding hydrogens is 356 g/mol. The zero-order valence-electron chi connectivity index (χ0n) is 12.6. The molecule has 0 bridgehead atoms. The van der Waals surface area contributed by atoms with E-state index in [1.165, 1.54) is 0 Å². The van der Waals surface area contributed by atoms with Crippen molar-refractivity contribution < 1.29 is 41.0 Å². The smallest absolute Gasteiger partial charge is 0.416 e. The fourth-order valence-electron chi connectivity index (χ4n) is 2.68. The van der Waals surface area contributed by atoms with Crippen LogP contribution in [0.25, 0.3) is 0 Å². The van der Waals surface area contributed by atoms with E-state index in [4.69, 9.17) is 5.11 Å². The summed E-state index contributed by atoms with van der Waals surface area (Å²) in [6.07, 6.45) is -9.15. The molecule has 4 nitrogen and oxygen atoms in total. The number of hydrogen-bond acceptors (Lipinski definition) is 2. The van der Waals surface area contributed by atoms with Gasteiger partial charge in [0.15, 0.2) is 0 Å². The van der Waals surface area contributed by atoms with Gasteiger partial charge >= 0.3 is 18.3 Å². The number of likely N-dealkylation sites (tertiary alicyclic amines) is 1. The van der Waals surface area contributed by atoms with E-state index >= 15 is 0 Å². The number of hydrogen-bond donors (Lipinski definition) is 1. The van der Waals surface area contributed by atoms with Crippen LogP contribution >= 0.6 is 0 Å². The highest BCUT2D eigenvalue weighted by atomic mass is 19.4. The molecule has 1 atom stereocenters. The number of amides is 1. The second kappa shape index (κ2) is 6.57. The van der Waals surface area contributed by atoms with Crippen LogP contribution < -0.4 is 0 Å². The first kappa shape index (κ1) is 19.1. The summed E-state index contributed by atoms with van der Waals surface area (Å²) in [5.74, 6) is -2.51. The Morgan fingerprint density at radius 1 is 0.960 bits per heavy atom. The van der Waals surface area contributed by atoms with Gasteiger partial charge in [0.05, 0.1) is 11.1 Å². The van der Waals surface area contributed by atoms with Crippen molar-refractivity contribution >= 4 is 11.9 Å². The quantitative estimate of drug-likeness (QED) is 0.807. The number of aliphatic carboxylic acids is 1. The van der Waals surface area contributed by atoms with Crippen LogP contribution in [0.3, 0.4) is 0 Å². The molecule has 0 aromatic heterocycles. The van der Waals surface area contributed by atoms with Gasteiger partial charge in [-0.15, -0.1) is 0 Å². The Hall–Kier alpha value is -2.26. The van der Waals surface area contributed by atoms with E-state index in [0.717, 1.165) is 4.90 Å². The maximum Gasteiger partial charge on any atom is 0.416 e. The molecule has 1 aromatic carbocycles. The van der Waals surface area contributed by atoms with Crippen molar-refractivity contribution in [3.05, 3.63) is 34.9 Å². The van der Waals surface area contributed by atoms with Gasteiger partial charge in [-0.05, 0) is 37.5 Å². The summed E-state index contributed by atoms with van der Waals surface area (Å²) in [5, 5.41) is 9.12. The van der Waals surface area contributed by atoms with Crippen LogP contribution in [0.15, 0.2) is 18.2 Å². The van der Waals surface area contributed by atoms with Crippen LogP contribution in [0.4, 0.5) is 26.3 Å². The number of rotatable bonds is 2. The van der Waals surface area contributed by atoms with Crippen LogP contribution in [-0.2, 0) is 17.1 Å². The largest absolute Gasteiger partial charge is 0.480 e. The van der Waals surface area contributed by atoms with Gasteiger partial charge in [-0.3, -0.25) is 4.79 Å². The molecule has 1 N–H and O–H groups in total. The van der Waals surface area contributed by atoms with Gasteiger partial charge in [-0.1, -0.05) is 0 Å². The number of carbonyl (C=O) groups is 2. The lowest BCUT2D eigenvalue weighted by atomic mass is 9.99. The molecule has 10 heteroatoms. The first-order chi connectivity index (χ1) is 11.4. The van der Waals surface area contributed by atoms with Crippen molar-refractivity contribution in [2.24, 2.45) is 0 Å². The number of nitrogens with zero attached hydrogens (tertiary/aromatic N) is 1. The van der Waals surface area contributed by atoms with Gasteiger partial charge in [0.1, 0.15) is 6.04 Å². The van der Waals surface area contributed by atoms with E-state index in [1.54, 1.807) is 0 Å². The molecule has 1 amide bonds. The molecule has 138 valence electrons. The number of alkyl halides is 6. The number of halogens is 6. The molecule has 1 aliphatic heterocycles. The van der Waals surface area contributed by atoms with Gasteiger partial charge < -0.3 is 10.0 Å². The standard InChI is InChI=1S/C15H13F6NO3/c16-14(17,18)9-5-8(6-10(7-9)15(19,20)21)12(23)22-4-2-1-3-11(22)13(24)25/h5-7,11H,1-4H2,(H,24,25). The second-order valence-corrected chi connectivity index (χ2v) is 5.64. The summed E-state index contributed by atoms with van der Waals surface area (Å²) in [5.41, 5.74) is -4.07. The highest BCUT2D eigenvalue weighted by Gasteiger charge is 2.39. The summed E-state index contributed by atoms with van der Waals surface area (Å²) in [6.45, 7) is -0.0482. The van der Waals surface area contributed by atoms with Gasteiger partial charge in [0.25, 0.3) is 5.91 Å². The maximum absolute atomic E-state index is 12.9. The van der Waals surface area contributed by atoms with Crippen molar-refractivity contribution in [1.82, 2.24) is 4.90 Å². The van der Waals surface area contributed by atoms with Gasteiger partial charge in [0, 0.05) is 12.1 Å². The van der Waals surface area contributed by atoms with Crippen LogP contribution in [0.1, 0.15) is 40.7 Å². The Kier molecular flexibility index (Phi) is 5.01. The lowest BCUT2D eigenvalue weighted by Gasteiger charge is -2.33. The molecule has 1 aliphatic rings. The average Bonchev–Trinajstić information content (AvgIpc) is 2.52. The third-order valence-corrected chi connectivity index (χ3v) is 3.88. The Morgan fingerprint density at radius 2 is 1.48 bits per heavy atom. The Labute approximate surface area is 138 Å². The first-order valence-corrected chi connectivity index (χ1v) is 7.24. The lowest BCUT2D eigenvalue weighted by Crippen LogP contribution is -2.48. The monoisotopic (exact) mass is 369 g/mol. The van der Waals surface area contributed by atoms with Crippen molar-refractivity contribution in [3.63, 3.8) is 0 Å². The number of benzene rings is 1. The lowest BCUT2D eigenvalue weighted by molar-refractivity contribution is -0.144. The predicted octanol–water partition coefficient (Wildman–Crippen LogP) is 3.80. The Bertz CT molecular complexity index is 651. The molecule has 2 rings (SSSR count). The highest BCUT2D eigenvalue weighted by molar-refractivity contribution is 5.97. The summed E-state index contributed by atoms with van der Waals surface area (Å²) >= 11 is 0. The second-order valence-electron chi connectivity index (χ2n) is 5.64.